The van der Waals surface area contributed by atoms with Gasteiger partial charge in [0.1, 0.15) is 0 Å². The Hall–Kier alpha value is -1.46. The number of aryl methyl sites for hydroxylation is 1. The molecule has 0 aromatic carbocycles. The van der Waals surface area contributed by atoms with Gasteiger partial charge in [0, 0.05) is 18.9 Å². The molecule has 1 aliphatic carbocycles. The quantitative estimate of drug-likeness (QED) is 0.908. The van der Waals surface area contributed by atoms with Gasteiger partial charge in [0.25, 0.3) is 0 Å². The third kappa shape index (κ3) is 3.30. The number of aromatic carboxylic acids is 1. The molecule has 1 aliphatic rings. The first-order valence-corrected chi connectivity index (χ1v) is 6.38. The largest absolute Gasteiger partial charge is 0.478 e. The predicted molar refractivity (Wildman–Crippen MR) is 63.0 cm³/mol. The van der Waals surface area contributed by atoms with E-state index >= 15 is 0 Å². The monoisotopic (exact) mass is 275 g/mol. The van der Waals surface area contributed by atoms with Crippen LogP contribution in [0.4, 0.5) is 13.2 Å². The zero-order valence-corrected chi connectivity index (χ0v) is 10.4. The van der Waals surface area contributed by atoms with Gasteiger partial charge >= 0.3 is 12.1 Å². The van der Waals surface area contributed by atoms with Crippen molar-refractivity contribution in [1.82, 2.24) is 4.57 Å². The molecule has 6 heteroatoms. The first-order valence-electron chi connectivity index (χ1n) is 6.38. The summed E-state index contributed by atoms with van der Waals surface area (Å²) < 4.78 is 39.4. The Labute approximate surface area is 109 Å². The van der Waals surface area contributed by atoms with Gasteiger partial charge in [0.2, 0.25) is 0 Å². The number of hydrogen-bond donors (Lipinski definition) is 1. The zero-order chi connectivity index (χ0) is 14.0. The standard InChI is InChI=1S/C13H16F3NO2/c14-13(15,16)11-8-17(7-10(11)12(18)19)6-5-9-3-1-2-4-9/h7-9H,1-6H2,(H,18,19). The fourth-order valence-electron chi connectivity index (χ4n) is 2.66. The minimum absolute atomic E-state index is 0.445. The highest BCUT2D eigenvalue weighted by Crippen LogP contribution is 2.33. The van der Waals surface area contributed by atoms with E-state index in [1.54, 1.807) is 0 Å². The summed E-state index contributed by atoms with van der Waals surface area (Å²) in [6.07, 6.45) is 2.79. The molecule has 3 nitrogen and oxygen atoms in total. The van der Waals surface area contributed by atoms with E-state index in [0.717, 1.165) is 31.7 Å². The SMILES string of the molecule is O=C(O)c1cn(CCC2CCCC2)cc1C(F)(F)F. The van der Waals surface area contributed by atoms with E-state index in [9.17, 15) is 18.0 Å². The summed E-state index contributed by atoms with van der Waals surface area (Å²) in [5.41, 5.74) is -1.73. The van der Waals surface area contributed by atoms with Crippen molar-refractivity contribution in [3.05, 3.63) is 23.5 Å². The molecule has 0 aliphatic heterocycles. The average molecular weight is 275 g/mol. The van der Waals surface area contributed by atoms with Gasteiger partial charge < -0.3 is 9.67 Å². The number of carboxylic acid groups (broad SMARTS) is 1. The van der Waals surface area contributed by atoms with E-state index in [1.165, 1.54) is 17.4 Å². The summed E-state index contributed by atoms with van der Waals surface area (Å²) in [5.74, 6) is -0.975. The Morgan fingerprint density at radius 1 is 1.32 bits per heavy atom. The molecule has 0 saturated heterocycles. The first kappa shape index (κ1) is 14.0. The van der Waals surface area contributed by atoms with Crippen LogP contribution in [-0.4, -0.2) is 15.6 Å². The van der Waals surface area contributed by atoms with Crippen LogP contribution in [0, 0.1) is 5.92 Å². The number of aromatic nitrogens is 1. The molecule has 0 unspecified atom stereocenters. The molecular formula is C13H16F3NO2. The number of hydrogen-bond acceptors (Lipinski definition) is 1. The van der Waals surface area contributed by atoms with E-state index in [2.05, 4.69) is 0 Å². The van der Waals surface area contributed by atoms with Crippen molar-refractivity contribution in [1.29, 1.82) is 0 Å². The molecule has 0 atom stereocenters. The Morgan fingerprint density at radius 2 is 1.95 bits per heavy atom. The van der Waals surface area contributed by atoms with E-state index in [0.29, 0.717) is 12.5 Å². The number of alkyl halides is 3. The number of rotatable bonds is 4. The molecule has 0 spiro atoms. The van der Waals surface area contributed by atoms with Gasteiger partial charge in [-0.3, -0.25) is 0 Å². The summed E-state index contributed by atoms with van der Waals surface area (Å²) in [6, 6.07) is 0. The maximum atomic E-state index is 12.7. The van der Waals surface area contributed by atoms with Crippen molar-refractivity contribution >= 4 is 5.97 Å². The Balaban J connectivity index is 2.11. The van der Waals surface area contributed by atoms with E-state index in [4.69, 9.17) is 5.11 Å². The van der Waals surface area contributed by atoms with Crippen molar-refractivity contribution in [3.8, 4) is 0 Å². The van der Waals surface area contributed by atoms with Gasteiger partial charge in [-0.1, -0.05) is 25.7 Å². The third-order valence-electron chi connectivity index (χ3n) is 3.69. The maximum absolute atomic E-state index is 12.7. The molecule has 19 heavy (non-hydrogen) atoms. The number of carbonyl (C=O) groups is 1. The molecule has 2 rings (SSSR count). The second-order valence-electron chi connectivity index (χ2n) is 5.07. The van der Waals surface area contributed by atoms with Gasteiger partial charge in [0.15, 0.2) is 0 Å². The van der Waals surface area contributed by atoms with Gasteiger partial charge in [-0.15, -0.1) is 0 Å². The Bertz CT molecular complexity index is 459. The lowest BCUT2D eigenvalue weighted by Crippen LogP contribution is -2.09. The molecule has 106 valence electrons. The average Bonchev–Trinajstić information content (AvgIpc) is 2.94. The molecule has 0 bridgehead atoms. The van der Waals surface area contributed by atoms with E-state index in [1.807, 2.05) is 0 Å². The molecule has 1 aromatic rings. The Kier molecular flexibility index (Phi) is 3.87. The first-order chi connectivity index (χ1) is 8.88. The molecule has 1 heterocycles. The minimum Gasteiger partial charge on any atom is -0.478 e. The zero-order valence-electron chi connectivity index (χ0n) is 10.4. The second kappa shape index (κ2) is 5.27. The topological polar surface area (TPSA) is 42.2 Å². The summed E-state index contributed by atoms with van der Waals surface area (Å²) in [5, 5.41) is 8.81. The fourth-order valence-corrected chi connectivity index (χ4v) is 2.66. The molecule has 0 radical (unpaired) electrons. The van der Waals surface area contributed by atoms with Crippen LogP contribution in [0.5, 0.6) is 0 Å². The summed E-state index contributed by atoms with van der Waals surface area (Å²) >= 11 is 0. The van der Waals surface area contributed by atoms with Crippen molar-refractivity contribution in [2.24, 2.45) is 5.92 Å². The van der Waals surface area contributed by atoms with Crippen LogP contribution in [0.3, 0.4) is 0 Å². The van der Waals surface area contributed by atoms with E-state index in [-0.39, 0.29) is 0 Å². The maximum Gasteiger partial charge on any atom is 0.418 e. The van der Waals surface area contributed by atoms with Crippen LogP contribution < -0.4 is 0 Å². The van der Waals surface area contributed by atoms with Crippen LogP contribution in [0.15, 0.2) is 12.4 Å². The Morgan fingerprint density at radius 3 is 2.42 bits per heavy atom. The third-order valence-corrected chi connectivity index (χ3v) is 3.69. The number of carboxylic acids is 1. The normalized spacial score (nSPS) is 17.0. The highest BCUT2D eigenvalue weighted by Gasteiger charge is 2.37. The van der Waals surface area contributed by atoms with Gasteiger partial charge in [-0.05, 0) is 12.3 Å². The van der Waals surface area contributed by atoms with Crippen LogP contribution in [0.2, 0.25) is 0 Å². The molecule has 1 saturated carbocycles. The molecule has 1 aromatic heterocycles. The summed E-state index contributed by atoms with van der Waals surface area (Å²) in [7, 11) is 0. The smallest absolute Gasteiger partial charge is 0.418 e. The van der Waals surface area contributed by atoms with Crippen LogP contribution in [0.25, 0.3) is 0 Å². The molecular weight excluding hydrogens is 259 g/mol. The molecule has 1 fully saturated rings. The summed E-state index contributed by atoms with van der Waals surface area (Å²) in [4.78, 5) is 10.8. The highest BCUT2D eigenvalue weighted by atomic mass is 19.4. The molecule has 1 N–H and O–H groups in total. The van der Waals surface area contributed by atoms with Crippen molar-refractivity contribution in [3.63, 3.8) is 0 Å². The molecule has 0 amide bonds. The van der Waals surface area contributed by atoms with E-state index < -0.39 is 23.3 Å². The lowest BCUT2D eigenvalue weighted by Gasteiger charge is -2.09. The fraction of sp³-hybridized carbons (Fsp3) is 0.615. The highest BCUT2D eigenvalue weighted by molar-refractivity contribution is 5.89. The van der Waals surface area contributed by atoms with Gasteiger partial charge in [-0.25, -0.2) is 4.79 Å². The van der Waals surface area contributed by atoms with Crippen molar-refractivity contribution in [2.75, 3.05) is 0 Å². The van der Waals surface area contributed by atoms with Crippen molar-refractivity contribution < 1.29 is 23.1 Å². The lowest BCUT2D eigenvalue weighted by molar-refractivity contribution is -0.138. The van der Waals surface area contributed by atoms with Gasteiger partial charge in [0.05, 0.1) is 11.1 Å². The number of nitrogens with zero attached hydrogens (tertiary/aromatic N) is 1. The van der Waals surface area contributed by atoms with Gasteiger partial charge in [-0.2, -0.15) is 13.2 Å². The van der Waals surface area contributed by atoms with Crippen LogP contribution >= 0.6 is 0 Å². The lowest BCUT2D eigenvalue weighted by atomic mass is 10.0. The summed E-state index contributed by atoms with van der Waals surface area (Å²) in [6.45, 7) is 0.445. The number of halogens is 3. The van der Waals surface area contributed by atoms with Crippen LogP contribution in [-0.2, 0) is 12.7 Å². The second-order valence-corrected chi connectivity index (χ2v) is 5.07. The predicted octanol–water partition coefficient (Wildman–Crippen LogP) is 3.79. The van der Waals surface area contributed by atoms with Crippen LogP contribution in [0.1, 0.15) is 48.0 Å². The van der Waals surface area contributed by atoms with Crippen molar-refractivity contribution in [2.45, 2.75) is 44.8 Å². The minimum atomic E-state index is -4.62.